The van der Waals surface area contributed by atoms with Gasteiger partial charge in [-0.05, 0) is 30.0 Å². The summed E-state index contributed by atoms with van der Waals surface area (Å²) < 4.78 is 2.11. The molecule has 2 aromatic heterocycles. The highest BCUT2D eigenvalue weighted by Gasteiger charge is 2.36. The number of rotatable bonds is 11. The molecule has 0 fully saturated rings. The van der Waals surface area contributed by atoms with E-state index in [0.717, 1.165) is 55.9 Å². The third-order valence-electron chi connectivity index (χ3n) is 6.06. The fraction of sp³-hybridized carbons (Fsp3) is 0.500. The maximum Gasteiger partial charge on any atom is 0.189 e. The number of aryl methyl sites for hydroxylation is 2. The number of hydrogen-bond donors (Lipinski definition) is 1. The Bertz CT molecular complexity index is 1030. The second-order valence-electron chi connectivity index (χ2n) is 8.41. The molecular formula is C24H32N8. The van der Waals surface area contributed by atoms with Crippen molar-refractivity contribution >= 4 is 6.21 Å². The molecule has 1 N–H and O–H groups in total. The van der Waals surface area contributed by atoms with E-state index in [1.54, 1.807) is 0 Å². The molecule has 8 nitrogen and oxygen atoms in total. The van der Waals surface area contributed by atoms with Crippen molar-refractivity contribution in [2.45, 2.75) is 77.2 Å². The van der Waals surface area contributed by atoms with Crippen molar-refractivity contribution < 1.29 is 0 Å². The summed E-state index contributed by atoms with van der Waals surface area (Å²) in [5.74, 6) is 2.68. The number of nitrogens with one attached hydrogen (secondary N) is 1. The lowest BCUT2D eigenvalue weighted by molar-refractivity contribution is 0.544. The number of aliphatic imine (C=N–C) groups is 1. The number of nitrogens with zero attached hydrogens (tertiary/aromatic N) is 7. The van der Waals surface area contributed by atoms with Crippen LogP contribution in [0.4, 0.5) is 0 Å². The number of aromatic amines is 1. The number of H-pyrrole nitrogens is 1. The van der Waals surface area contributed by atoms with Gasteiger partial charge in [0, 0.05) is 38.2 Å². The number of hydrogen-bond acceptors (Lipinski definition) is 6. The summed E-state index contributed by atoms with van der Waals surface area (Å²) in [7, 11) is 0. The lowest BCUT2D eigenvalue weighted by Gasteiger charge is -2.28. The van der Waals surface area contributed by atoms with Crippen LogP contribution in [0.5, 0.6) is 0 Å². The summed E-state index contributed by atoms with van der Waals surface area (Å²) in [6.45, 7) is 5.36. The van der Waals surface area contributed by atoms with Crippen LogP contribution in [0.15, 0.2) is 41.5 Å². The lowest BCUT2D eigenvalue weighted by Crippen LogP contribution is -2.29. The summed E-state index contributed by atoms with van der Waals surface area (Å²) in [6, 6.07) is 8.66. The van der Waals surface area contributed by atoms with Crippen LogP contribution in [0, 0.1) is 0 Å². The van der Waals surface area contributed by atoms with Crippen molar-refractivity contribution in [2.24, 2.45) is 4.99 Å². The number of benzene rings is 1. The van der Waals surface area contributed by atoms with Crippen molar-refractivity contribution in [1.82, 2.24) is 35.4 Å². The van der Waals surface area contributed by atoms with Crippen LogP contribution in [-0.2, 0) is 24.8 Å². The predicted molar refractivity (Wildman–Crippen MR) is 125 cm³/mol. The van der Waals surface area contributed by atoms with Gasteiger partial charge in [0.25, 0.3) is 0 Å². The van der Waals surface area contributed by atoms with Gasteiger partial charge in [0.05, 0.1) is 5.41 Å². The molecule has 1 aliphatic rings. The molecule has 0 radical (unpaired) electrons. The molecule has 0 bridgehead atoms. The highest BCUT2D eigenvalue weighted by atomic mass is 15.5. The molecule has 1 unspecified atom stereocenters. The van der Waals surface area contributed by atoms with E-state index in [9.17, 15) is 0 Å². The van der Waals surface area contributed by atoms with Gasteiger partial charge in [0.15, 0.2) is 11.6 Å². The normalized spacial score (nSPS) is 17.8. The lowest BCUT2D eigenvalue weighted by atomic mass is 9.76. The van der Waals surface area contributed by atoms with Crippen LogP contribution < -0.4 is 0 Å². The minimum atomic E-state index is -0.444. The second-order valence-corrected chi connectivity index (χ2v) is 8.41. The average molecular weight is 433 g/mol. The second kappa shape index (κ2) is 10.4. The van der Waals surface area contributed by atoms with Crippen molar-refractivity contribution in [3.63, 3.8) is 0 Å². The van der Waals surface area contributed by atoms with Crippen molar-refractivity contribution in [1.29, 1.82) is 0 Å². The molecule has 0 aliphatic carbocycles. The molecule has 1 aromatic carbocycles. The van der Waals surface area contributed by atoms with Gasteiger partial charge in [-0.2, -0.15) is 10.3 Å². The minimum Gasteiger partial charge on any atom is -0.269 e. The fourth-order valence-electron chi connectivity index (χ4n) is 4.14. The third kappa shape index (κ3) is 4.84. The standard InChI is InChI=1S/C24H32N8/c1-3-5-7-8-21-26-22(32(29-21)17-6-4-2)18-19-9-11-20(12-10-19)24(13-15-25-16-14-24)23-27-30-31-28-23/h9-13,15-16H,3-8,14,17-18H2,1-2H3,(H,27,28,30,31). The molecule has 0 spiro atoms. The van der Waals surface area contributed by atoms with Crippen LogP contribution in [0.2, 0.25) is 0 Å². The summed E-state index contributed by atoms with van der Waals surface area (Å²) >= 11 is 0. The number of tetrazole rings is 1. The average Bonchev–Trinajstić information content (AvgIpc) is 3.50. The van der Waals surface area contributed by atoms with E-state index in [-0.39, 0.29) is 0 Å². The highest BCUT2D eigenvalue weighted by molar-refractivity contribution is 5.66. The maximum atomic E-state index is 4.89. The van der Waals surface area contributed by atoms with Crippen LogP contribution in [0.3, 0.4) is 0 Å². The quantitative estimate of drug-likeness (QED) is 0.458. The highest BCUT2D eigenvalue weighted by Crippen LogP contribution is 2.36. The molecule has 0 saturated heterocycles. The first-order chi connectivity index (χ1) is 15.7. The van der Waals surface area contributed by atoms with Gasteiger partial charge >= 0.3 is 0 Å². The van der Waals surface area contributed by atoms with E-state index in [1.165, 1.54) is 18.4 Å². The molecule has 3 aromatic rings. The van der Waals surface area contributed by atoms with Gasteiger partial charge in [-0.25, -0.2) is 9.67 Å². The Balaban J connectivity index is 1.54. The smallest absolute Gasteiger partial charge is 0.189 e. The summed E-state index contributed by atoms with van der Waals surface area (Å²) in [5.41, 5.74) is 1.90. The number of unbranched alkanes of at least 4 members (excludes halogenated alkanes) is 3. The monoisotopic (exact) mass is 432 g/mol. The molecule has 168 valence electrons. The van der Waals surface area contributed by atoms with Gasteiger partial charge in [-0.1, -0.05) is 62.6 Å². The van der Waals surface area contributed by atoms with Crippen molar-refractivity contribution in [2.75, 3.05) is 0 Å². The zero-order valence-electron chi connectivity index (χ0n) is 19.0. The Morgan fingerprint density at radius 1 is 1.06 bits per heavy atom. The molecule has 8 heteroatoms. The molecule has 1 aliphatic heterocycles. The van der Waals surface area contributed by atoms with Crippen molar-refractivity contribution in [3.05, 3.63) is 65.1 Å². The number of aromatic nitrogens is 7. The Labute approximate surface area is 189 Å². The fourth-order valence-corrected chi connectivity index (χ4v) is 4.14. The van der Waals surface area contributed by atoms with E-state index in [1.807, 2.05) is 12.4 Å². The zero-order valence-corrected chi connectivity index (χ0v) is 19.0. The van der Waals surface area contributed by atoms with E-state index in [0.29, 0.717) is 12.2 Å². The Kier molecular flexibility index (Phi) is 7.19. The molecule has 4 rings (SSSR count). The molecule has 0 saturated carbocycles. The molecule has 3 heterocycles. The Morgan fingerprint density at radius 2 is 1.91 bits per heavy atom. The topological polar surface area (TPSA) is 97.5 Å². The van der Waals surface area contributed by atoms with Crippen LogP contribution in [0.1, 0.15) is 81.0 Å². The van der Waals surface area contributed by atoms with Gasteiger partial charge in [0.1, 0.15) is 5.82 Å². The first-order valence-corrected chi connectivity index (χ1v) is 11.7. The van der Waals surface area contributed by atoms with E-state index < -0.39 is 5.41 Å². The minimum absolute atomic E-state index is 0.444. The zero-order chi connectivity index (χ0) is 22.2. The van der Waals surface area contributed by atoms with Crippen molar-refractivity contribution in [3.8, 4) is 0 Å². The number of allylic oxidation sites excluding steroid dienone is 1. The van der Waals surface area contributed by atoms with Crippen LogP contribution in [0.25, 0.3) is 0 Å². The SMILES string of the molecule is CCCCCc1nc(Cc2ccc(C3(c4nn[nH]n4)C=CN=CC3)cc2)n(CCCC)n1. The first-order valence-electron chi connectivity index (χ1n) is 11.7. The predicted octanol–water partition coefficient (Wildman–Crippen LogP) is 4.19. The van der Waals surface area contributed by atoms with E-state index in [4.69, 9.17) is 10.1 Å². The van der Waals surface area contributed by atoms with Gasteiger partial charge < -0.3 is 0 Å². The van der Waals surface area contributed by atoms with Gasteiger partial charge in [0.2, 0.25) is 0 Å². The van der Waals surface area contributed by atoms with Gasteiger partial charge in [-0.3, -0.25) is 4.99 Å². The first kappa shape index (κ1) is 22.0. The Hall–Kier alpha value is -3.16. The van der Waals surface area contributed by atoms with Crippen LogP contribution in [-0.4, -0.2) is 41.6 Å². The molecule has 0 amide bonds. The van der Waals surface area contributed by atoms with Gasteiger partial charge in [-0.15, -0.1) is 10.2 Å². The summed E-state index contributed by atoms with van der Waals surface area (Å²) in [5, 5.41) is 19.7. The maximum absolute atomic E-state index is 4.89. The van der Waals surface area contributed by atoms with E-state index in [2.05, 4.69) is 74.5 Å². The third-order valence-corrected chi connectivity index (χ3v) is 6.06. The molecule has 32 heavy (non-hydrogen) atoms. The molecule has 1 atom stereocenters. The van der Waals surface area contributed by atoms with Crippen LogP contribution >= 0.6 is 0 Å². The Morgan fingerprint density at radius 3 is 2.59 bits per heavy atom. The largest absolute Gasteiger partial charge is 0.269 e. The summed E-state index contributed by atoms with van der Waals surface area (Å²) in [6.07, 6.45) is 14.0. The summed E-state index contributed by atoms with van der Waals surface area (Å²) in [4.78, 5) is 9.12. The van der Waals surface area contributed by atoms with E-state index >= 15 is 0 Å². The molecular weight excluding hydrogens is 400 g/mol.